The van der Waals surface area contributed by atoms with E-state index < -0.39 is 5.91 Å². The summed E-state index contributed by atoms with van der Waals surface area (Å²) < 4.78 is 5.10. The van der Waals surface area contributed by atoms with E-state index in [1.165, 1.54) is 25.3 Å². The van der Waals surface area contributed by atoms with E-state index in [1.54, 1.807) is 12.1 Å². The minimum Gasteiger partial charge on any atom is -0.504 e. The van der Waals surface area contributed by atoms with Crippen LogP contribution in [0.4, 0.5) is 5.69 Å². The standard InChI is InChI=1S/C14H10Cl3NO3/c1-21-12-3-2-7(15)4-9(12)14(20)18-11-6-8(16)5-10(17)13(11)19/h2-6,19H,1H3,(H,18,20). The minimum atomic E-state index is -0.511. The molecule has 0 unspecified atom stereocenters. The molecular weight excluding hydrogens is 337 g/mol. The summed E-state index contributed by atoms with van der Waals surface area (Å²) >= 11 is 17.5. The molecule has 2 aromatic rings. The molecule has 0 aliphatic heterocycles. The number of phenols is 1. The van der Waals surface area contributed by atoms with Gasteiger partial charge in [-0.2, -0.15) is 0 Å². The van der Waals surface area contributed by atoms with E-state index in [9.17, 15) is 9.90 Å². The van der Waals surface area contributed by atoms with Crippen molar-refractivity contribution >= 4 is 46.4 Å². The molecule has 0 radical (unpaired) electrons. The van der Waals surface area contributed by atoms with Crippen LogP contribution in [-0.4, -0.2) is 18.1 Å². The Balaban J connectivity index is 2.37. The van der Waals surface area contributed by atoms with Crippen LogP contribution in [0.25, 0.3) is 0 Å². The highest BCUT2D eigenvalue weighted by atomic mass is 35.5. The average Bonchev–Trinajstić information content (AvgIpc) is 2.44. The van der Waals surface area contributed by atoms with Gasteiger partial charge in [0, 0.05) is 10.0 Å². The second-order valence-corrected chi connectivity index (χ2v) is 5.36. The molecule has 2 aromatic carbocycles. The van der Waals surface area contributed by atoms with E-state index in [4.69, 9.17) is 39.5 Å². The fourth-order valence-electron chi connectivity index (χ4n) is 1.71. The molecule has 2 N–H and O–H groups in total. The van der Waals surface area contributed by atoms with Gasteiger partial charge in [0.15, 0.2) is 5.75 Å². The van der Waals surface area contributed by atoms with Crippen LogP contribution in [0.15, 0.2) is 30.3 Å². The normalized spacial score (nSPS) is 10.3. The number of carbonyl (C=O) groups is 1. The fourth-order valence-corrected chi connectivity index (χ4v) is 2.37. The Bertz CT molecular complexity index is 704. The van der Waals surface area contributed by atoms with Gasteiger partial charge in [-0.05, 0) is 30.3 Å². The van der Waals surface area contributed by atoms with Crippen molar-refractivity contribution in [3.8, 4) is 11.5 Å². The van der Waals surface area contributed by atoms with Gasteiger partial charge in [-0.3, -0.25) is 4.79 Å². The monoisotopic (exact) mass is 345 g/mol. The quantitative estimate of drug-likeness (QED) is 0.798. The fraction of sp³-hybridized carbons (Fsp3) is 0.0714. The number of carbonyl (C=O) groups excluding carboxylic acids is 1. The van der Waals surface area contributed by atoms with Gasteiger partial charge in [0.05, 0.1) is 23.4 Å². The van der Waals surface area contributed by atoms with Gasteiger partial charge in [0.25, 0.3) is 5.91 Å². The molecule has 1 amide bonds. The molecule has 0 spiro atoms. The SMILES string of the molecule is COc1ccc(Cl)cc1C(=O)Nc1cc(Cl)cc(Cl)c1O. The topological polar surface area (TPSA) is 58.6 Å². The smallest absolute Gasteiger partial charge is 0.259 e. The highest BCUT2D eigenvalue weighted by molar-refractivity contribution is 6.36. The Kier molecular flexibility index (Phi) is 4.83. The predicted octanol–water partition coefficient (Wildman–Crippen LogP) is 4.61. The first-order chi connectivity index (χ1) is 9.92. The van der Waals surface area contributed by atoms with Crippen LogP contribution in [0.3, 0.4) is 0 Å². The first-order valence-corrected chi connectivity index (χ1v) is 6.88. The number of anilines is 1. The first-order valence-electron chi connectivity index (χ1n) is 5.75. The summed E-state index contributed by atoms with van der Waals surface area (Å²) in [5, 5.41) is 13.1. The Labute approximate surface area is 136 Å². The van der Waals surface area contributed by atoms with Crippen LogP contribution in [0, 0.1) is 0 Å². The van der Waals surface area contributed by atoms with E-state index in [1.807, 2.05) is 0 Å². The first kappa shape index (κ1) is 15.8. The second kappa shape index (κ2) is 6.43. The zero-order chi connectivity index (χ0) is 15.6. The number of aromatic hydroxyl groups is 1. The number of ether oxygens (including phenoxy) is 1. The number of hydrogen-bond acceptors (Lipinski definition) is 3. The van der Waals surface area contributed by atoms with Crippen LogP contribution in [0.5, 0.6) is 11.5 Å². The van der Waals surface area contributed by atoms with Gasteiger partial charge in [-0.15, -0.1) is 0 Å². The number of rotatable bonds is 3. The molecule has 0 bridgehead atoms. The van der Waals surface area contributed by atoms with Crippen LogP contribution >= 0.6 is 34.8 Å². The van der Waals surface area contributed by atoms with Gasteiger partial charge < -0.3 is 15.2 Å². The minimum absolute atomic E-state index is 0.0378. The van der Waals surface area contributed by atoms with Gasteiger partial charge >= 0.3 is 0 Å². The Morgan fingerprint density at radius 1 is 1.14 bits per heavy atom. The summed E-state index contributed by atoms with van der Waals surface area (Å²) in [5.74, 6) is -0.428. The lowest BCUT2D eigenvalue weighted by Gasteiger charge is -2.11. The molecular formula is C14H10Cl3NO3. The summed E-state index contributed by atoms with van der Waals surface area (Å²) in [7, 11) is 1.44. The van der Waals surface area contributed by atoms with E-state index in [2.05, 4.69) is 5.32 Å². The molecule has 0 fully saturated rings. The molecule has 0 atom stereocenters. The van der Waals surface area contributed by atoms with Crippen LogP contribution in [0.1, 0.15) is 10.4 Å². The molecule has 0 aliphatic rings. The lowest BCUT2D eigenvalue weighted by atomic mass is 10.1. The summed E-state index contributed by atoms with van der Waals surface area (Å²) in [5.41, 5.74) is 0.319. The van der Waals surface area contributed by atoms with Crippen molar-refractivity contribution in [2.45, 2.75) is 0 Å². The summed E-state index contributed by atoms with van der Waals surface area (Å²) in [6.07, 6.45) is 0. The Morgan fingerprint density at radius 2 is 1.86 bits per heavy atom. The maximum atomic E-state index is 12.3. The summed E-state index contributed by atoms with van der Waals surface area (Å²) in [4.78, 5) is 12.3. The second-order valence-electron chi connectivity index (χ2n) is 4.08. The van der Waals surface area contributed by atoms with Gasteiger partial charge in [-0.1, -0.05) is 34.8 Å². The molecule has 0 heterocycles. The van der Waals surface area contributed by atoms with Crippen molar-refractivity contribution in [3.05, 3.63) is 51.0 Å². The molecule has 110 valence electrons. The van der Waals surface area contributed by atoms with E-state index in [0.29, 0.717) is 10.8 Å². The Hall–Kier alpha value is -1.62. The molecule has 2 rings (SSSR count). The van der Waals surface area contributed by atoms with E-state index in [0.717, 1.165) is 0 Å². The molecule has 0 aromatic heterocycles. The van der Waals surface area contributed by atoms with Crippen molar-refractivity contribution in [2.75, 3.05) is 12.4 Å². The predicted molar refractivity (Wildman–Crippen MR) is 84.1 cm³/mol. The summed E-state index contributed by atoms with van der Waals surface area (Å²) in [6, 6.07) is 7.39. The highest BCUT2D eigenvalue weighted by Crippen LogP contribution is 2.35. The molecule has 4 nitrogen and oxygen atoms in total. The number of amides is 1. The average molecular weight is 347 g/mol. The molecule has 0 saturated heterocycles. The molecule has 21 heavy (non-hydrogen) atoms. The lowest BCUT2D eigenvalue weighted by Crippen LogP contribution is -2.13. The molecule has 7 heteroatoms. The van der Waals surface area contributed by atoms with Crippen LogP contribution in [0.2, 0.25) is 15.1 Å². The third-order valence-corrected chi connectivity index (χ3v) is 3.42. The number of benzene rings is 2. The maximum absolute atomic E-state index is 12.3. The number of hydrogen-bond donors (Lipinski definition) is 2. The van der Waals surface area contributed by atoms with Crippen molar-refractivity contribution < 1.29 is 14.6 Å². The molecule has 0 saturated carbocycles. The van der Waals surface area contributed by atoms with E-state index >= 15 is 0 Å². The van der Waals surface area contributed by atoms with Gasteiger partial charge in [0.2, 0.25) is 0 Å². The number of nitrogens with one attached hydrogen (secondary N) is 1. The van der Waals surface area contributed by atoms with Crippen molar-refractivity contribution in [3.63, 3.8) is 0 Å². The maximum Gasteiger partial charge on any atom is 0.259 e. The van der Waals surface area contributed by atoms with Crippen LogP contribution in [-0.2, 0) is 0 Å². The van der Waals surface area contributed by atoms with Crippen molar-refractivity contribution in [1.82, 2.24) is 0 Å². The van der Waals surface area contributed by atoms with E-state index in [-0.39, 0.29) is 27.0 Å². The van der Waals surface area contributed by atoms with Crippen LogP contribution < -0.4 is 10.1 Å². The zero-order valence-corrected chi connectivity index (χ0v) is 13.1. The number of methoxy groups -OCH3 is 1. The zero-order valence-electron chi connectivity index (χ0n) is 10.8. The lowest BCUT2D eigenvalue weighted by molar-refractivity contribution is 0.102. The summed E-state index contributed by atoms with van der Waals surface area (Å²) in [6.45, 7) is 0. The number of halogens is 3. The Morgan fingerprint density at radius 3 is 2.52 bits per heavy atom. The van der Waals surface area contributed by atoms with Crippen molar-refractivity contribution in [2.24, 2.45) is 0 Å². The van der Waals surface area contributed by atoms with Gasteiger partial charge in [0.1, 0.15) is 5.75 Å². The number of phenolic OH excluding ortho intramolecular Hbond substituents is 1. The third kappa shape index (κ3) is 3.53. The molecule has 0 aliphatic carbocycles. The van der Waals surface area contributed by atoms with Crippen molar-refractivity contribution in [1.29, 1.82) is 0 Å². The van der Waals surface area contributed by atoms with Gasteiger partial charge in [-0.25, -0.2) is 0 Å². The highest BCUT2D eigenvalue weighted by Gasteiger charge is 2.16. The third-order valence-electron chi connectivity index (χ3n) is 2.68. The largest absolute Gasteiger partial charge is 0.504 e.